The van der Waals surface area contributed by atoms with Crippen molar-refractivity contribution in [3.05, 3.63) is 16.0 Å². The molecule has 3 rings (SSSR count). The van der Waals surface area contributed by atoms with Gasteiger partial charge in [0, 0.05) is 24.0 Å². The van der Waals surface area contributed by atoms with Gasteiger partial charge in [-0.25, -0.2) is 9.59 Å². The van der Waals surface area contributed by atoms with Gasteiger partial charge in [0.15, 0.2) is 0 Å². The van der Waals surface area contributed by atoms with Gasteiger partial charge in [-0.2, -0.15) is 0 Å². The van der Waals surface area contributed by atoms with Gasteiger partial charge in [-0.3, -0.25) is 9.69 Å². The summed E-state index contributed by atoms with van der Waals surface area (Å²) in [5.41, 5.74) is 0.843. The van der Waals surface area contributed by atoms with Crippen LogP contribution in [0.4, 0.5) is 5.00 Å². The van der Waals surface area contributed by atoms with Gasteiger partial charge in [0.05, 0.1) is 5.56 Å². The van der Waals surface area contributed by atoms with Gasteiger partial charge in [0.1, 0.15) is 5.00 Å². The van der Waals surface area contributed by atoms with Crippen molar-refractivity contribution in [1.29, 1.82) is 0 Å². The molecule has 22 heavy (non-hydrogen) atoms. The first kappa shape index (κ1) is 15.0. The Balaban J connectivity index is 2.03. The number of piperidine rings is 1. The number of hydrogen-bond donors (Lipinski definition) is 3. The average Bonchev–Trinajstić information content (AvgIpc) is 2.81. The van der Waals surface area contributed by atoms with Gasteiger partial charge in [0.2, 0.25) is 0 Å². The highest BCUT2D eigenvalue weighted by Gasteiger charge is 2.38. The van der Waals surface area contributed by atoms with E-state index in [1.807, 2.05) is 0 Å². The van der Waals surface area contributed by atoms with Crippen molar-refractivity contribution in [3.63, 3.8) is 0 Å². The molecule has 0 spiro atoms. The monoisotopic (exact) mass is 324 g/mol. The number of fused-ring (bicyclic) bond motifs is 4. The van der Waals surface area contributed by atoms with E-state index in [0.717, 1.165) is 29.8 Å². The molecule has 3 N–H and O–H groups in total. The van der Waals surface area contributed by atoms with Crippen LogP contribution < -0.4 is 5.32 Å². The highest BCUT2D eigenvalue weighted by molar-refractivity contribution is 7.17. The van der Waals surface area contributed by atoms with Gasteiger partial charge >= 0.3 is 17.8 Å². The Bertz CT molecular complexity index is 668. The summed E-state index contributed by atoms with van der Waals surface area (Å²) in [5, 5.41) is 20.6. The molecule has 1 amide bonds. The minimum atomic E-state index is -1.63. The second kappa shape index (κ2) is 5.36. The van der Waals surface area contributed by atoms with Crippen molar-refractivity contribution in [2.45, 2.75) is 38.3 Å². The van der Waals surface area contributed by atoms with Crippen molar-refractivity contribution in [1.82, 2.24) is 4.90 Å². The number of rotatable bonds is 2. The maximum absolute atomic E-state index is 11.6. The molecule has 3 unspecified atom stereocenters. The SMILES string of the molecule is CC1CCC2CN1Cc1sc(NC(=O)C(=O)O)c(C(=O)O)c12. The van der Waals surface area contributed by atoms with Gasteiger partial charge in [-0.05, 0) is 31.2 Å². The van der Waals surface area contributed by atoms with E-state index in [9.17, 15) is 19.5 Å². The molecule has 1 saturated heterocycles. The second-order valence-electron chi connectivity index (χ2n) is 5.76. The topological polar surface area (TPSA) is 107 Å². The first-order chi connectivity index (χ1) is 10.4. The third-order valence-corrected chi connectivity index (χ3v) is 5.53. The minimum absolute atomic E-state index is 0.0637. The quantitative estimate of drug-likeness (QED) is 0.713. The zero-order chi connectivity index (χ0) is 16.0. The smallest absolute Gasteiger partial charge is 0.394 e. The van der Waals surface area contributed by atoms with E-state index < -0.39 is 17.8 Å². The van der Waals surface area contributed by atoms with Gasteiger partial charge in [-0.15, -0.1) is 11.3 Å². The van der Waals surface area contributed by atoms with Crippen LogP contribution in [-0.4, -0.2) is 45.5 Å². The molecule has 3 atom stereocenters. The van der Waals surface area contributed by atoms with Crippen molar-refractivity contribution >= 4 is 34.2 Å². The molecule has 2 aliphatic rings. The van der Waals surface area contributed by atoms with Crippen molar-refractivity contribution in [2.75, 3.05) is 11.9 Å². The zero-order valence-electron chi connectivity index (χ0n) is 12.0. The van der Waals surface area contributed by atoms with Gasteiger partial charge < -0.3 is 15.5 Å². The number of anilines is 1. The fourth-order valence-corrected chi connectivity index (χ4v) is 4.62. The number of nitrogens with one attached hydrogen (secondary N) is 1. The lowest BCUT2D eigenvalue weighted by molar-refractivity contribution is -0.147. The predicted octanol–water partition coefficient (Wildman–Crippen LogP) is 1.55. The molecule has 7 nitrogen and oxygen atoms in total. The summed E-state index contributed by atoms with van der Waals surface area (Å²) in [6.45, 7) is 3.62. The zero-order valence-corrected chi connectivity index (χ0v) is 12.8. The summed E-state index contributed by atoms with van der Waals surface area (Å²) in [7, 11) is 0. The lowest BCUT2D eigenvalue weighted by Gasteiger charge is -2.42. The molecule has 0 aliphatic carbocycles. The normalized spacial score (nSPS) is 26.1. The standard InChI is InChI=1S/C14H16N2O5S/c1-6-2-3-7-4-16(6)5-8-9(7)10(13(18)19)12(22-8)15-11(17)14(20)21/h6-7H,2-5H2,1H3,(H,15,17)(H,18,19)(H,20,21). The maximum atomic E-state index is 11.6. The van der Waals surface area contributed by atoms with Crippen LogP contribution in [0.2, 0.25) is 0 Å². The molecule has 8 heteroatoms. The number of carboxylic acid groups (broad SMARTS) is 2. The molecular formula is C14H16N2O5S. The van der Waals surface area contributed by atoms with Crippen LogP contribution in [0.15, 0.2) is 0 Å². The number of aliphatic carboxylic acids is 1. The van der Waals surface area contributed by atoms with Crippen LogP contribution in [0.1, 0.15) is 46.5 Å². The summed E-state index contributed by atoms with van der Waals surface area (Å²) in [6, 6.07) is 0.455. The van der Waals surface area contributed by atoms with Crippen molar-refractivity contribution < 1.29 is 24.6 Å². The molecule has 118 valence electrons. The van der Waals surface area contributed by atoms with Crippen LogP contribution in [-0.2, 0) is 16.1 Å². The van der Waals surface area contributed by atoms with E-state index in [1.165, 1.54) is 11.3 Å². The molecule has 0 radical (unpaired) electrons. The third kappa shape index (κ3) is 2.38. The summed E-state index contributed by atoms with van der Waals surface area (Å²) in [4.78, 5) is 36.9. The number of carbonyl (C=O) groups excluding carboxylic acids is 1. The van der Waals surface area contributed by atoms with Crippen molar-refractivity contribution in [3.8, 4) is 0 Å². The molecule has 3 heterocycles. The molecular weight excluding hydrogens is 308 g/mol. The lowest BCUT2D eigenvalue weighted by atomic mass is 9.82. The van der Waals surface area contributed by atoms with Crippen LogP contribution >= 0.6 is 11.3 Å². The Kier molecular flexibility index (Phi) is 3.65. The Morgan fingerprint density at radius 2 is 2.00 bits per heavy atom. The fourth-order valence-electron chi connectivity index (χ4n) is 3.32. The minimum Gasteiger partial charge on any atom is -0.478 e. The average molecular weight is 324 g/mol. The Labute approximate surface area is 130 Å². The molecule has 2 bridgehead atoms. The van der Waals surface area contributed by atoms with Crippen molar-refractivity contribution in [2.24, 2.45) is 0 Å². The highest BCUT2D eigenvalue weighted by atomic mass is 32.1. The molecule has 2 aliphatic heterocycles. The van der Waals surface area contributed by atoms with Gasteiger partial charge in [0.25, 0.3) is 0 Å². The van der Waals surface area contributed by atoms with Gasteiger partial charge in [-0.1, -0.05) is 0 Å². The van der Waals surface area contributed by atoms with E-state index in [0.29, 0.717) is 12.6 Å². The first-order valence-corrected chi connectivity index (χ1v) is 7.87. The number of carbonyl (C=O) groups is 3. The van der Waals surface area contributed by atoms with E-state index in [1.54, 1.807) is 0 Å². The number of aromatic carboxylic acids is 1. The number of thiophene rings is 1. The highest BCUT2D eigenvalue weighted by Crippen LogP contribution is 2.46. The van der Waals surface area contributed by atoms with Crippen LogP contribution in [0.25, 0.3) is 0 Å². The van der Waals surface area contributed by atoms with E-state index >= 15 is 0 Å². The Hall–Kier alpha value is -1.93. The summed E-state index contributed by atoms with van der Waals surface area (Å²) < 4.78 is 0. The van der Waals surface area contributed by atoms with E-state index in [-0.39, 0.29) is 16.5 Å². The summed E-state index contributed by atoms with van der Waals surface area (Å²) in [6.07, 6.45) is 1.92. The Morgan fingerprint density at radius 3 is 2.64 bits per heavy atom. The lowest BCUT2D eigenvalue weighted by Crippen LogP contribution is -2.43. The van der Waals surface area contributed by atoms with E-state index in [2.05, 4.69) is 17.1 Å². The number of amides is 1. The second-order valence-corrected chi connectivity index (χ2v) is 6.87. The molecule has 1 aromatic heterocycles. The summed E-state index contributed by atoms with van der Waals surface area (Å²) in [5.74, 6) is -3.82. The first-order valence-electron chi connectivity index (χ1n) is 7.05. The molecule has 1 aromatic rings. The Morgan fingerprint density at radius 1 is 1.27 bits per heavy atom. The molecule has 0 saturated carbocycles. The van der Waals surface area contributed by atoms with Crippen LogP contribution in [0, 0.1) is 0 Å². The number of hydrogen-bond acceptors (Lipinski definition) is 5. The largest absolute Gasteiger partial charge is 0.478 e. The van der Waals surface area contributed by atoms with Crippen LogP contribution in [0.3, 0.4) is 0 Å². The third-order valence-electron chi connectivity index (χ3n) is 4.42. The van der Waals surface area contributed by atoms with E-state index in [4.69, 9.17) is 5.11 Å². The number of nitrogens with zero attached hydrogens (tertiary/aromatic N) is 1. The predicted molar refractivity (Wildman–Crippen MR) is 79.4 cm³/mol. The molecule has 0 aromatic carbocycles. The summed E-state index contributed by atoms with van der Waals surface area (Å²) >= 11 is 1.18. The van der Waals surface area contributed by atoms with Crippen LogP contribution in [0.5, 0.6) is 0 Å². The molecule has 1 fully saturated rings. The fraction of sp³-hybridized carbons (Fsp3) is 0.500. The maximum Gasteiger partial charge on any atom is 0.394 e. The number of carboxylic acids is 2.